The van der Waals surface area contributed by atoms with E-state index in [1.54, 1.807) is 24.3 Å². The first-order valence-electron chi connectivity index (χ1n) is 4.94. The molecule has 2 aromatic carbocycles. The third-order valence-corrected chi connectivity index (χ3v) is 3.70. The van der Waals surface area contributed by atoms with E-state index >= 15 is 0 Å². The maximum Gasteiger partial charge on any atom is 0.195 e. The number of carbonyl (C=O) groups is 1. The molecule has 0 aliphatic carbocycles. The molecule has 17 heavy (non-hydrogen) atoms. The maximum atomic E-state index is 12.3. The smallest absolute Gasteiger partial charge is 0.195 e. The number of nitrogens with two attached hydrogens (primary N) is 1. The number of rotatable bonds is 2. The molecule has 0 unspecified atom stereocenters. The minimum atomic E-state index is -0.0376. The molecule has 0 radical (unpaired) electrons. The second-order valence-electron chi connectivity index (χ2n) is 3.55. The summed E-state index contributed by atoms with van der Waals surface area (Å²) in [5.74, 6) is -0.0376. The quantitative estimate of drug-likeness (QED) is 0.653. The Morgan fingerprint density at radius 2 is 1.59 bits per heavy atom. The van der Waals surface area contributed by atoms with E-state index in [4.69, 9.17) is 5.73 Å². The molecule has 2 N–H and O–H groups in total. The average Bonchev–Trinajstić information content (AvgIpc) is 2.29. The first-order valence-corrected chi connectivity index (χ1v) is 6.52. The number of ketones is 1. The standard InChI is InChI=1S/C13H9Br2NO/c14-11-4-2-1-3-9(11)13(17)10-6-5-8(16)7-12(10)15/h1-7H,16H2. The zero-order chi connectivity index (χ0) is 12.4. The van der Waals surface area contributed by atoms with Gasteiger partial charge in [-0.3, -0.25) is 4.79 Å². The number of hydrogen-bond acceptors (Lipinski definition) is 2. The third kappa shape index (κ3) is 2.58. The molecule has 4 heteroatoms. The van der Waals surface area contributed by atoms with Crippen molar-refractivity contribution in [1.29, 1.82) is 0 Å². The van der Waals surface area contributed by atoms with E-state index in [9.17, 15) is 4.79 Å². The fraction of sp³-hybridized carbons (Fsp3) is 0. The van der Waals surface area contributed by atoms with Crippen molar-refractivity contribution in [3.8, 4) is 0 Å². The van der Waals surface area contributed by atoms with Gasteiger partial charge in [-0.2, -0.15) is 0 Å². The van der Waals surface area contributed by atoms with Crippen molar-refractivity contribution in [2.75, 3.05) is 5.73 Å². The van der Waals surface area contributed by atoms with Gasteiger partial charge in [0.05, 0.1) is 0 Å². The molecule has 0 saturated heterocycles. The van der Waals surface area contributed by atoms with Crippen LogP contribution in [0.2, 0.25) is 0 Å². The SMILES string of the molecule is Nc1ccc(C(=O)c2ccccc2Br)c(Br)c1. The third-order valence-electron chi connectivity index (χ3n) is 2.36. The lowest BCUT2D eigenvalue weighted by Gasteiger charge is -2.06. The molecule has 2 aromatic rings. The number of halogens is 2. The molecule has 0 fully saturated rings. The van der Waals surface area contributed by atoms with Crippen LogP contribution in [0.15, 0.2) is 51.4 Å². The first kappa shape index (κ1) is 12.3. The lowest BCUT2D eigenvalue weighted by Crippen LogP contribution is -2.03. The van der Waals surface area contributed by atoms with Gasteiger partial charge in [-0.05, 0) is 46.3 Å². The zero-order valence-corrected chi connectivity index (χ0v) is 12.0. The highest BCUT2D eigenvalue weighted by Crippen LogP contribution is 2.25. The van der Waals surface area contributed by atoms with Crippen LogP contribution < -0.4 is 5.73 Å². The van der Waals surface area contributed by atoms with E-state index in [0.29, 0.717) is 21.3 Å². The van der Waals surface area contributed by atoms with Gasteiger partial charge in [0.1, 0.15) is 0 Å². The summed E-state index contributed by atoms with van der Waals surface area (Å²) < 4.78 is 1.49. The molecule has 0 atom stereocenters. The Kier molecular flexibility index (Phi) is 3.64. The van der Waals surface area contributed by atoms with Crippen LogP contribution in [0.1, 0.15) is 15.9 Å². The summed E-state index contributed by atoms with van der Waals surface area (Å²) in [5, 5.41) is 0. The van der Waals surface area contributed by atoms with E-state index in [2.05, 4.69) is 31.9 Å². The summed E-state index contributed by atoms with van der Waals surface area (Å²) in [6, 6.07) is 12.5. The minimum Gasteiger partial charge on any atom is -0.399 e. The van der Waals surface area contributed by atoms with Crippen LogP contribution in [0, 0.1) is 0 Å². The van der Waals surface area contributed by atoms with E-state index in [0.717, 1.165) is 4.47 Å². The van der Waals surface area contributed by atoms with Gasteiger partial charge in [0.25, 0.3) is 0 Å². The molecule has 2 nitrogen and oxygen atoms in total. The van der Waals surface area contributed by atoms with Gasteiger partial charge in [0.15, 0.2) is 5.78 Å². The highest BCUT2D eigenvalue weighted by molar-refractivity contribution is 9.11. The van der Waals surface area contributed by atoms with Crippen LogP contribution in [-0.4, -0.2) is 5.78 Å². The highest BCUT2D eigenvalue weighted by atomic mass is 79.9. The molecule has 0 amide bonds. The van der Waals surface area contributed by atoms with Crippen LogP contribution in [0.25, 0.3) is 0 Å². The molecule has 0 heterocycles. The van der Waals surface area contributed by atoms with Gasteiger partial charge in [0, 0.05) is 25.8 Å². The molecule has 86 valence electrons. The predicted octanol–water partition coefficient (Wildman–Crippen LogP) is 4.02. The molecule has 0 aliphatic heterocycles. The number of nitrogen functional groups attached to an aromatic ring is 1. The largest absolute Gasteiger partial charge is 0.399 e. The molecule has 0 saturated carbocycles. The molecule has 0 aliphatic rings. The summed E-state index contributed by atoms with van der Waals surface area (Å²) in [6.07, 6.45) is 0. The summed E-state index contributed by atoms with van der Waals surface area (Å²) in [5.41, 5.74) is 7.51. The summed E-state index contributed by atoms with van der Waals surface area (Å²) in [4.78, 5) is 12.3. The predicted molar refractivity (Wildman–Crippen MR) is 76.1 cm³/mol. The zero-order valence-electron chi connectivity index (χ0n) is 8.78. The second-order valence-corrected chi connectivity index (χ2v) is 5.26. The summed E-state index contributed by atoms with van der Waals surface area (Å²) in [6.45, 7) is 0. The van der Waals surface area contributed by atoms with Gasteiger partial charge in [0.2, 0.25) is 0 Å². The minimum absolute atomic E-state index is 0.0376. The Labute approximate surface area is 116 Å². The van der Waals surface area contributed by atoms with E-state index in [1.807, 2.05) is 18.2 Å². The molecular formula is C13H9Br2NO. The fourth-order valence-corrected chi connectivity index (χ4v) is 2.55. The molecular weight excluding hydrogens is 346 g/mol. The Balaban J connectivity index is 2.48. The van der Waals surface area contributed by atoms with E-state index < -0.39 is 0 Å². The summed E-state index contributed by atoms with van der Waals surface area (Å²) in [7, 11) is 0. The Bertz CT molecular complexity index is 581. The summed E-state index contributed by atoms with van der Waals surface area (Å²) >= 11 is 6.73. The molecule has 2 rings (SSSR count). The monoisotopic (exact) mass is 353 g/mol. The van der Waals surface area contributed by atoms with Crippen molar-refractivity contribution in [3.05, 3.63) is 62.5 Å². The van der Waals surface area contributed by atoms with Crippen LogP contribution in [0.4, 0.5) is 5.69 Å². The topological polar surface area (TPSA) is 43.1 Å². The van der Waals surface area contributed by atoms with Crippen molar-refractivity contribution in [2.24, 2.45) is 0 Å². The van der Waals surface area contributed by atoms with Gasteiger partial charge >= 0.3 is 0 Å². The lowest BCUT2D eigenvalue weighted by atomic mass is 10.0. The normalized spacial score (nSPS) is 10.2. The van der Waals surface area contributed by atoms with Crippen molar-refractivity contribution in [1.82, 2.24) is 0 Å². The molecule has 0 bridgehead atoms. The van der Waals surface area contributed by atoms with E-state index in [-0.39, 0.29) is 5.78 Å². The van der Waals surface area contributed by atoms with Crippen LogP contribution >= 0.6 is 31.9 Å². The van der Waals surface area contributed by atoms with Crippen LogP contribution in [0.5, 0.6) is 0 Å². The number of anilines is 1. The van der Waals surface area contributed by atoms with Gasteiger partial charge in [-0.15, -0.1) is 0 Å². The van der Waals surface area contributed by atoms with Crippen LogP contribution in [0.3, 0.4) is 0 Å². The van der Waals surface area contributed by atoms with Crippen molar-refractivity contribution >= 4 is 43.3 Å². The van der Waals surface area contributed by atoms with Crippen molar-refractivity contribution < 1.29 is 4.79 Å². The van der Waals surface area contributed by atoms with Gasteiger partial charge < -0.3 is 5.73 Å². The Morgan fingerprint density at radius 3 is 2.24 bits per heavy atom. The lowest BCUT2D eigenvalue weighted by molar-refractivity contribution is 0.103. The number of hydrogen-bond donors (Lipinski definition) is 1. The Hall–Kier alpha value is -1.13. The highest BCUT2D eigenvalue weighted by Gasteiger charge is 2.14. The van der Waals surface area contributed by atoms with Crippen LogP contribution in [-0.2, 0) is 0 Å². The fourth-order valence-electron chi connectivity index (χ4n) is 1.51. The van der Waals surface area contributed by atoms with Crippen molar-refractivity contribution in [3.63, 3.8) is 0 Å². The first-order chi connectivity index (χ1) is 8.09. The number of carbonyl (C=O) groups excluding carboxylic acids is 1. The van der Waals surface area contributed by atoms with Gasteiger partial charge in [-0.1, -0.05) is 28.1 Å². The van der Waals surface area contributed by atoms with E-state index in [1.165, 1.54) is 0 Å². The molecule has 0 spiro atoms. The van der Waals surface area contributed by atoms with Crippen molar-refractivity contribution in [2.45, 2.75) is 0 Å². The molecule has 0 aromatic heterocycles. The number of benzene rings is 2. The Morgan fingerprint density at radius 1 is 0.941 bits per heavy atom. The average molecular weight is 355 g/mol. The maximum absolute atomic E-state index is 12.3. The second kappa shape index (κ2) is 5.02. The van der Waals surface area contributed by atoms with Gasteiger partial charge in [-0.25, -0.2) is 0 Å².